The number of aromatic nitrogens is 4. The Morgan fingerprint density at radius 2 is 2.25 bits per heavy atom. The molecule has 2 aromatic rings. The predicted molar refractivity (Wildman–Crippen MR) is 92.2 cm³/mol. The van der Waals surface area contributed by atoms with E-state index in [0.29, 0.717) is 5.92 Å². The van der Waals surface area contributed by atoms with E-state index in [1.165, 1.54) is 0 Å². The fourth-order valence-corrected chi connectivity index (χ4v) is 3.38. The molecular weight excluding hydrogens is 302 g/mol. The first-order chi connectivity index (χ1) is 11.7. The Morgan fingerprint density at radius 1 is 1.38 bits per heavy atom. The van der Waals surface area contributed by atoms with Gasteiger partial charge in [-0.1, -0.05) is 6.92 Å². The first kappa shape index (κ1) is 16.6. The molecule has 1 fully saturated rings. The number of hydrogen-bond acceptors (Lipinski definition) is 4. The lowest BCUT2D eigenvalue weighted by atomic mass is 9.93. The van der Waals surface area contributed by atoms with Crippen molar-refractivity contribution in [3.05, 3.63) is 30.4 Å². The van der Waals surface area contributed by atoms with Crippen molar-refractivity contribution in [3.63, 3.8) is 0 Å². The van der Waals surface area contributed by atoms with E-state index in [2.05, 4.69) is 17.0 Å². The van der Waals surface area contributed by atoms with Crippen LogP contribution in [0.4, 0.5) is 0 Å². The van der Waals surface area contributed by atoms with Crippen molar-refractivity contribution in [2.75, 3.05) is 13.1 Å². The highest BCUT2D eigenvalue weighted by atomic mass is 16.2. The number of rotatable bonds is 5. The molecule has 0 N–H and O–H groups in total. The van der Waals surface area contributed by atoms with E-state index in [1.54, 1.807) is 13.1 Å². The summed E-state index contributed by atoms with van der Waals surface area (Å²) in [5, 5.41) is 4.36. The average Bonchev–Trinajstić information content (AvgIpc) is 3.04. The topological polar surface area (TPSA) is 63.9 Å². The van der Waals surface area contributed by atoms with E-state index < -0.39 is 0 Å². The number of hydrogen-bond donors (Lipinski definition) is 0. The van der Waals surface area contributed by atoms with Crippen LogP contribution in [0.25, 0.3) is 11.4 Å². The molecule has 2 aromatic heterocycles. The number of nitrogens with zero attached hydrogens (tertiary/aromatic N) is 5. The van der Waals surface area contributed by atoms with E-state index in [-0.39, 0.29) is 5.91 Å². The summed E-state index contributed by atoms with van der Waals surface area (Å²) in [7, 11) is 0. The number of amides is 1. The summed E-state index contributed by atoms with van der Waals surface area (Å²) in [4.78, 5) is 22.7. The molecule has 0 bridgehead atoms. The van der Waals surface area contributed by atoms with Crippen LogP contribution in [-0.4, -0.2) is 43.6 Å². The maximum atomic E-state index is 11.6. The maximum absolute atomic E-state index is 11.6. The van der Waals surface area contributed by atoms with Gasteiger partial charge in [-0.3, -0.25) is 14.5 Å². The second kappa shape index (κ2) is 7.55. The zero-order valence-corrected chi connectivity index (χ0v) is 14.5. The van der Waals surface area contributed by atoms with E-state index in [4.69, 9.17) is 4.98 Å². The normalized spacial score (nSPS) is 17.9. The highest BCUT2D eigenvalue weighted by Gasteiger charge is 2.22. The first-order valence-electron chi connectivity index (χ1n) is 8.76. The molecule has 0 spiro atoms. The van der Waals surface area contributed by atoms with Crippen molar-refractivity contribution >= 4 is 5.91 Å². The highest BCUT2D eigenvalue weighted by molar-refractivity contribution is 5.73. The van der Waals surface area contributed by atoms with Crippen molar-refractivity contribution in [2.24, 2.45) is 5.92 Å². The van der Waals surface area contributed by atoms with Crippen molar-refractivity contribution in [3.8, 4) is 11.4 Å². The van der Waals surface area contributed by atoms with E-state index in [0.717, 1.165) is 62.4 Å². The number of piperidine rings is 1. The summed E-state index contributed by atoms with van der Waals surface area (Å²) < 4.78 is 1.98. The van der Waals surface area contributed by atoms with Crippen molar-refractivity contribution < 1.29 is 4.79 Å². The van der Waals surface area contributed by atoms with Gasteiger partial charge in [-0.05, 0) is 37.7 Å². The Hall–Kier alpha value is -2.24. The fourth-order valence-electron chi connectivity index (χ4n) is 3.38. The van der Waals surface area contributed by atoms with Gasteiger partial charge in [0, 0.05) is 39.0 Å². The molecule has 0 aromatic carbocycles. The molecule has 1 aliphatic rings. The number of aryl methyl sites for hydroxylation is 1. The molecule has 1 atom stereocenters. The second-order valence-corrected chi connectivity index (χ2v) is 6.51. The minimum absolute atomic E-state index is 0.169. The third-order valence-corrected chi connectivity index (χ3v) is 4.56. The molecular formula is C18H25N5O. The third kappa shape index (κ3) is 3.80. The van der Waals surface area contributed by atoms with Crippen LogP contribution in [0.3, 0.4) is 0 Å². The zero-order chi connectivity index (χ0) is 16.9. The van der Waals surface area contributed by atoms with E-state index >= 15 is 0 Å². The average molecular weight is 327 g/mol. The number of likely N-dealkylation sites (tertiary alicyclic amines) is 1. The molecule has 3 rings (SSSR count). The molecule has 0 unspecified atom stereocenters. The third-order valence-electron chi connectivity index (χ3n) is 4.56. The summed E-state index contributed by atoms with van der Waals surface area (Å²) in [6.07, 6.45) is 9.57. The Labute approximate surface area is 142 Å². The van der Waals surface area contributed by atoms with Gasteiger partial charge in [-0.15, -0.1) is 0 Å². The molecule has 1 aliphatic heterocycles. The Kier molecular flexibility index (Phi) is 5.23. The van der Waals surface area contributed by atoms with E-state index in [9.17, 15) is 4.79 Å². The Bertz CT molecular complexity index is 696. The van der Waals surface area contributed by atoms with Gasteiger partial charge in [0.05, 0.1) is 17.6 Å². The van der Waals surface area contributed by atoms with Crippen LogP contribution in [0.5, 0.6) is 0 Å². The summed E-state index contributed by atoms with van der Waals surface area (Å²) in [6.45, 7) is 6.38. The van der Waals surface area contributed by atoms with Crippen LogP contribution in [0.1, 0.15) is 38.8 Å². The van der Waals surface area contributed by atoms with Crippen molar-refractivity contribution in [2.45, 2.75) is 46.1 Å². The smallest absolute Gasteiger partial charge is 0.219 e. The minimum Gasteiger partial charge on any atom is -0.343 e. The Morgan fingerprint density at radius 3 is 3.04 bits per heavy atom. The predicted octanol–water partition coefficient (Wildman–Crippen LogP) is 2.55. The summed E-state index contributed by atoms with van der Waals surface area (Å²) in [5.74, 6) is 0.635. The lowest BCUT2D eigenvalue weighted by Crippen LogP contribution is -2.39. The van der Waals surface area contributed by atoms with Gasteiger partial charge in [0.1, 0.15) is 5.69 Å². The van der Waals surface area contributed by atoms with Gasteiger partial charge in [0.25, 0.3) is 0 Å². The van der Waals surface area contributed by atoms with Crippen LogP contribution in [-0.2, 0) is 17.8 Å². The number of carbonyl (C=O) groups is 1. The first-order valence-corrected chi connectivity index (χ1v) is 8.76. The highest BCUT2D eigenvalue weighted by Crippen LogP contribution is 2.22. The number of carbonyl (C=O) groups excluding carboxylic acids is 1. The van der Waals surface area contributed by atoms with Gasteiger partial charge >= 0.3 is 0 Å². The van der Waals surface area contributed by atoms with Crippen LogP contribution in [0, 0.1) is 5.92 Å². The quantitative estimate of drug-likeness (QED) is 0.846. The van der Waals surface area contributed by atoms with Crippen LogP contribution < -0.4 is 0 Å². The summed E-state index contributed by atoms with van der Waals surface area (Å²) in [6, 6.07) is 1.99. The zero-order valence-electron chi connectivity index (χ0n) is 14.5. The SMILES string of the molecule is CCCn1nccc1-c1cncc(C[C@H]2CCCN(C(C)=O)C2)n1. The van der Waals surface area contributed by atoms with Gasteiger partial charge in [0.2, 0.25) is 5.91 Å². The molecule has 1 saturated heterocycles. The molecule has 0 aliphatic carbocycles. The second-order valence-electron chi connectivity index (χ2n) is 6.51. The van der Waals surface area contributed by atoms with Crippen molar-refractivity contribution in [1.82, 2.24) is 24.6 Å². The molecule has 1 amide bonds. The molecule has 6 nitrogen and oxygen atoms in total. The minimum atomic E-state index is 0.169. The lowest BCUT2D eigenvalue weighted by molar-refractivity contribution is -0.130. The van der Waals surface area contributed by atoms with Crippen molar-refractivity contribution in [1.29, 1.82) is 0 Å². The Balaban J connectivity index is 1.73. The standard InChI is InChI=1S/C18H25N5O/c1-3-8-23-18(6-7-20-23)17-12-19-11-16(21-17)10-15-5-4-9-22(13-15)14(2)24/h6-7,11-12,15H,3-5,8-10,13H2,1-2H3/t15-/m1/s1. The molecule has 6 heteroatoms. The maximum Gasteiger partial charge on any atom is 0.219 e. The monoisotopic (exact) mass is 327 g/mol. The van der Waals surface area contributed by atoms with Gasteiger partial charge in [0.15, 0.2) is 0 Å². The molecule has 0 radical (unpaired) electrons. The molecule has 128 valence electrons. The summed E-state index contributed by atoms with van der Waals surface area (Å²) >= 11 is 0. The molecule has 24 heavy (non-hydrogen) atoms. The van der Waals surface area contributed by atoms with E-state index in [1.807, 2.05) is 28.0 Å². The molecule has 3 heterocycles. The van der Waals surface area contributed by atoms with Gasteiger partial charge in [-0.25, -0.2) is 4.98 Å². The summed E-state index contributed by atoms with van der Waals surface area (Å²) in [5.41, 5.74) is 2.88. The van der Waals surface area contributed by atoms with Crippen LogP contribution in [0.2, 0.25) is 0 Å². The van der Waals surface area contributed by atoms with Crippen LogP contribution in [0.15, 0.2) is 24.7 Å². The largest absolute Gasteiger partial charge is 0.343 e. The molecule has 0 saturated carbocycles. The van der Waals surface area contributed by atoms with Gasteiger partial charge in [-0.2, -0.15) is 5.10 Å². The fraction of sp³-hybridized carbons (Fsp3) is 0.556. The lowest BCUT2D eigenvalue weighted by Gasteiger charge is -2.31. The van der Waals surface area contributed by atoms with Gasteiger partial charge < -0.3 is 4.90 Å². The van der Waals surface area contributed by atoms with Crippen LogP contribution >= 0.6 is 0 Å².